The molecular formula is C28H33F5N2O5S2. The Hall–Kier alpha value is -2.58. The highest BCUT2D eigenvalue weighted by Crippen LogP contribution is 2.51. The highest BCUT2D eigenvalue weighted by Gasteiger charge is 2.46. The lowest BCUT2D eigenvalue weighted by Crippen LogP contribution is -2.41. The summed E-state index contributed by atoms with van der Waals surface area (Å²) in [6.07, 6.45) is -1.61. The Kier molecular flexibility index (Phi) is 8.85. The van der Waals surface area contributed by atoms with Gasteiger partial charge in [-0.15, -0.1) is 11.8 Å². The highest BCUT2D eigenvalue weighted by atomic mass is 32.2. The van der Waals surface area contributed by atoms with E-state index in [9.17, 15) is 40.3 Å². The predicted octanol–water partition coefficient (Wildman–Crippen LogP) is 6.78. The molecule has 0 aromatic heterocycles. The van der Waals surface area contributed by atoms with E-state index in [1.807, 2.05) is 0 Å². The number of likely N-dealkylation sites (N-methyl/N-ethyl adjacent to an activating group) is 1. The zero-order valence-corrected chi connectivity index (χ0v) is 25.2. The zero-order valence-electron chi connectivity index (χ0n) is 23.5. The number of fused-ring (bicyclic) bond motifs is 1. The highest BCUT2D eigenvalue weighted by molar-refractivity contribution is 8.00. The van der Waals surface area contributed by atoms with Gasteiger partial charge in [0.25, 0.3) is 0 Å². The van der Waals surface area contributed by atoms with E-state index in [1.54, 1.807) is 6.07 Å². The van der Waals surface area contributed by atoms with Gasteiger partial charge in [0.15, 0.2) is 0 Å². The first-order chi connectivity index (χ1) is 19.3. The van der Waals surface area contributed by atoms with E-state index in [4.69, 9.17) is 4.74 Å². The van der Waals surface area contributed by atoms with Crippen LogP contribution in [-0.2, 0) is 14.8 Å². The lowest BCUT2D eigenvalue weighted by molar-refractivity contribution is -0.148. The Bertz CT molecular complexity index is 1440. The van der Waals surface area contributed by atoms with E-state index in [0.717, 1.165) is 23.0 Å². The Balaban J connectivity index is 1.87. The van der Waals surface area contributed by atoms with Gasteiger partial charge in [-0.1, -0.05) is 6.07 Å². The van der Waals surface area contributed by atoms with E-state index in [1.165, 1.54) is 56.1 Å². The van der Waals surface area contributed by atoms with Crippen molar-refractivity contribution in [2.24, 2.45) is 5.41 Å². The molecule has 14 heteroatoms. The van der Waals surface area contributed by atoms with Crippen LogP contribution in [0.15, 0.2) is 46.2 Å². The van der Waals surface area contributed by atoms with Crippen LogP contribution in [-0.4, -0.2) is 67.1 Å². The summed E-state index contributed by atoms with van der Waals surface area (Å²) in [6.45, 7) is 3.13. The molecule has 1 unspecified atom stereocenters. The number of anilines is 2. The normalized spacial score (nSPS) is 20.9. The van der Waals surface area contributed by atoms with Crippen LogP contribution >= 0.6 is 11.8 Å². The van der Waals surface area contributed by atoms with E-state index < -0.39 is 69.6 Å². The van der Waals surface area contributed by atoms with Gasteiger partial charge in [-0.05, 0) is 51.5 Å². The number of benzene rings is 2. The van der Waals surface area contributed by atoms with Crippen LogP contribution in [0.4, 0.5) is 33.3 Å². The van der Waals surface area contributed by atoms with Crippen LogP contribution in [0.3, 0.4) is 0 Å². The minimum Gasteiger partial charge on any atom is -0.491 e. The van der Waals surface area contributed by atoms with Crippen molar-refractivity contribution in [3.05, 3.63) is 42.2 Å². The number of ether oxygens (including phenoxy) is 1. The van der Waals surface area contributed by atoms with Crippen LogP contribution in [0.1, 0.15) is 46.5 Å². The number of carbonyl (C=O) groups is 1. The third kappa shape index (κ3) is 7.13. The molecule has 2 aliphatic rings. The van der Waals surface area contributed by atoms with Gasteiger partial charge >= 0.3 is 5.97 Å². The summed E-state index contributed by atoms with van der Waals surface area (Å²) < 4.78 is 104. The number of aliphatic carboxylic acids is 1. The average molecular weight is 637 g/mol. The number of thioether (sulfide) groups is 1. The fourth-order valence-corrected chi connectivity index (χ4v) is 7.69. The van der Waals surface area contributed by atoms with Gasteiger partial charge in [0.1, 0.15) is 23.1 Å². The van der Waals surface area contributed by atoms with Gasteiger partial charge in [0.05, 0.1) is 16.0 Å². The smallest absolute Gasteiger partial charge is 0.312 e. The molecule has 1 atom stereocenters. The molecule has 2 aromatic carbocycles. The minimum absolute atomic E-state index is 0.0157. The SMILES string of the molecule is CN1C(CCC(C)(F)F)CN(c2cccc(F)c2)c2cc(SC3CC(F)(F)C3)c(OCC(C)(C)C(=O)O)cc2S1(=O)=O. The number of hydrogen-bond acceptors (Lipinski definition) is 6. The largest absolute Gasteiger partial charge is 0.491 e. The third-order valence-corrected chi connectivity index (χ3v) is 10.6. The summed E-state index contributed by atoms with van der Waals surface area (Å²) in [6, 6.07) is 7.10. The van der Waals surface area contributed by atoms with Crippen molar-refractivity contribution in [3.63, 3.8) is 0 Å². The summed E-state index contributed by atoms with van der Waals surface area (Å²) in [4.78, 5) is 13.2. The number of halogens is 5. The molecule has 7 nitrogen and oxygen atoms in total. The van der Waals surface area contributed by atoms with E-state index >= 15 is 0 Å². The second-order valence-corrected chi connectivity index (χ2v) is 14.9. The van der Waals surface area contributed by atoms with Crippen LogP contribution in [0.25, 0.3) is 0 Å². The molecule has 0 radical (unpaired) electrons. The number of hydrogen-bond donors (Lipinski definition) is 1. The molecule has 2 aromatic rings. The molecule has 0 spiro atoms. The van der Waals surface area contributed by atoms with E-state index in [2.05, 4.69) is 0 Å². The maximum Gasteiger partial charge on any atom is 0.312 e. The number of carboxylic acids is 1. The number of sulfonamides is 1. The zero-order chi connectivity index (χ0) is 31.3. The molecule has 1 saturated carbocycles. The van der Waals surface area contributed by atoms with Gasteiger partial charge in [-0.2, -0.15) is 4.31 Å². The average Bonchev–Trinajstić information content (AvgIpc) is 2.92. The summed E-state index contributed by atoms with van der Waals surface area (Å²) in [7, 11) is -3.07. The van der Waals surface area contributed by atoms with Gasteiger partial charge in [-0.25, -0.2) is 30.4 Å². The standard InChI is InChI=1S/C28H33F5N2O5S2/c1-26(2,25(36)37)16-40-22-12-24-21(11-23(22)41-20-13-28(32,33)14-20)35(18-7-5-6-17(29)10-18)15-19(8-9-27(3,30)31)34(4)42(24,38)39/h5-7,10-12,19-20H,8-9,13-16H2,1-4H3,(H,36,37). The summed E-state index contributed by atoms with van der Waals surface area (Å²) >= 11 is 1.05. The summed E-state index contributed by atoms with van der Waals surface area (Å²) in [5.41, 5.74) is -1.00. The topological polar surface area (TPSA) is 87.2 Å². The minimum atomic E-state index is -4.35. The first-order valence-corrected chi connectivity index (χ1v) is 15.6. The van der Waals surface area contributed by atoms with Crippen LogP contribution in [0.2, 0.25) is 0 Å². The molecule has 42 heavy (non-hydrogen) atoms. The monoisotopic (exact) mass is 636 g/mol. The first kappa shape index (κ1) is 32.3. The maximum atomic E-state index is 14.4. The maximum absolute atomic E-state index is 14.4. The predicted molar refractivity (Wildman–Crippen MR) is 149 cm³/mol. The van der Waals surface area contributed by atoms with Gasteiger partial charge < -0.3 is 14.7 Å². The Labute approximate surface area is 246 Å². The van der Waals surface area contributed by atoms with Crippen LogP contribution in [0, 0.1) is 11.2 Å². The second-order valence-electron chi connectivity index (χ2n) is 11.6. The van der Waals surface area contributed by atoms with Gasteiger partial charge in [0, 0.05) is 55.9 Å². The summed E-state index contributed by atoms with van der Waals surface area (Å²) in [5.74, 6) is -7.67. The molecule has 0 saturated heterocycles. The summed E-state index contributed by atoms with van der Waals surface area (Å²) in [5, 5.41) is 9.03. The quantitative estimate of drug-likeness (QED) is 0.288. The van der Waals surface area contributed by atoms with Crippen LogP contribution < -0.4 is 9.64 Å². The molecule has 1 N–H and O–H groups in total. The van der Waals surface area contributed by atoms with E-state index in [0.29, 0.717) is 4.90 Å². The molecule has 1 aliphatic carbocycles. The molecule has 1 aliphatic heterocycles. The number of carboxylic acid groups (broad SMARTS) is 1. The molecule has 1 heterocycles. The Morgan fingerprint density at radius 1 is 1.17 bits per heavy atom. The van der Waals surface area contributed by atoms with Crippen molar-refractivity contribution in [2.75, 3.05) is 25.1 Å². The van der Waals surface area contributed by atoms with Crippen molar-refractivity contribution < 1.29 is 45.0 Å². The molecule has 0 bridgehead atoms. The molecule has 232 valence electrons. The number of nitrogens with zero attached hydrogens (tertiary/aromatic N) is 2. The number of rotatable bonds is 10. The van der Waals surface area contributed by atoms with E-state index in [-0.39, 0.29) is 41.6 Å². The fourth-order valence-electron chi connectivity index (χ4n) is 4.70. The van der Waals surface area contributed by atoms with Gasteiger partial charge in [-0.3, -0.25) is 4.79 Å². The first-order valence-electron chi connectivity index (χ1n) is 13.3. The second kappa shape index (κ2) is 11.5. The van der Waals surface area contributed by atoms with Crippen molar-refractivity contribution in [2.45, 2.75) is 79.4 Å². The Morgan fingerprint density at radius 3 is 2.40 bits per heavy atom. The van der Waals surface area contributed by atoms with Crippen molar-refractivity contribution in [1.82, 2.24) is 4.31 Å². The molecule has 4 rings (SSSR count). The van der Waals surface area contributed by atoms with Gasteiger partial charge in [0.2, 0.25) is 21.9 Å². The lowest BCUT2D eigenvalue weighted by Gasteiger charge is -2.35. The third-order valence-electron chi connectivity index (χ3n) is 7.43. The molecular weight excluding hydrogens is 603 g/mol. The fraction of sp³-hybridized carbons (Fsp3) is 0.536. The number of alkyl halides is 4. The Morgan fingerprint density at radius 2 is 1.83 bits per heavy atom. The lowest BCUT2D eigenvalue weighted by atomic mass is 9.94. The molecule has 0 amide bonds. The van der Waals surface area contributed by atoms with Crippen LogP contribution in [0.5, 0.6) is 5.75 Å². The van der Waals surface area contributed by atoms with Crippen molar-refractivity contribution in [3.8, 4) is 5.75 Å². The van der Waals surface area contributed by atoms with Crippen molar-refractivity contribution in [1.29, 1.82) is 0 Å². The van der Waals surface area contributed by atoms with Crippen molar-refractivity contribution >= 4 is 39.1 Å². The molecule has 1 fully saturated rings.